The molecular formula is C19H21N3O2. The molecule has 0 aliphatic carbocycles. The van der Waals surface area contributed by atoms with Crippen molar-refractivity contribution >= 4 is 17.5 Å². The smallest absolute Gasteiger partial charge is 0.263 e. The Morgan fingerprint density at radius 2 is 2.00 bits per heavy atom. The first-order valence-electron chi connectivity index (χ1n) is 8.23. The van der Waals surface area contributed by atoms with Crippen molar-refractivity contribution in [2.45, 2.75) is 32.7 Å². The molecule has 0 radical (unpaired) electrons. The molecular weight excluding hydrogens is 302 g/mol. The molecule has 5 heteroatoms. The predicted octanol–water partition coefficient (Wildman–Crippen LogP) is 2.61. The standard InChI is InChI=1S/C19H21N3O2/c1-14(2)20-17-9-3-4-11-22(17)19(24)15-7-5-8-16(13-15)21-12-6-10-18(21)23/h3-5,7-9,11,13-14H,6,10,12H2,1-2H3. The quantitative estimate of drug-likeness (QED) is 0.872. The SMILES string of the molecule is CC(C)N=c1ccccn1C(=O)c1cccc(N2CCCC2=O)c1. The maximum atomic E-state index is 12.9. The van der Waals surface area contributed by atoms with E-state index >= 15 is 0 Å². The highest BCUT2D eigenvalue weighted by atomic mass is 16.2. The molecule has 124 valence electrons. The molecule has 0 saturated carbocycles. The van der Waals surface area contributed by atoms with Crippen molar-refractivity contribution in [2.75, 3.05) is 11.4 Å². The zero-order chi connectivity index (χ0) is 17.1. The minimum absolute atomic E-state index is 0.0972. The Kier molecular flexibility index (Phi) is 4.60. The number of hydrogen-bond donors (Lipinski definition) is 0. The van der Waals surface area contributed by atoms with Crippen LogP contribution in [0.25, 0.3) is 0 Å². The van der Waals surface area contributed by atoms with Gasteiger partial charge in [-0.1, -0.05) is 12.1 Å². The first-order chi connectivity index (χ1) is 11.6. The van der Waals surface area contributed by atoms with Gasteiger partial charge in [0.15, 0.2) is 0 Å². The summed E-state index contributed by atoms with van der Waals surface area (Å²) < 4.78 is 1.55. The lowest BCUT2D eigenvalue weighted by Crippen LogP contribution is -2.28. The Morgan fingerprint density at radius 3 is 2.71 bits per heavy atom. The molecule has 1 fully saturated rings. The summed E-state index contributed by atoms with van der Waals surface area (Å²) in [5.74, 6) is -0.0362. The molecule has 1 amide bonds. The summed E-state index contributed by atoms with van der Waals surface area (Å²) in [6, 6.07) is 12.8. The Morgan fingerprint density at radius 1 is 1.17 bits per heavy atom. The maximum absolute atomic E-state index is 12.9. The molecule has 1 aromatic heterocycles. The van der Waals surface area contributed by atoms with E-state index in [0.29, 0.717) is 24.0 Å². The van der Waals surface area contributed by atoms with Crippen molar-refractivity contribution in [3.8, 4) is 0 Å². The lowest BCUT2D eigenvalue weighted by molar-refractivity contribution is -0.117. The summed E-state index contributed by atoms with van der Waals surface area (Å²) in [6.07, 6.45) is 3.15. The number of carbonyl (C=O) groups excluding carboxylic acids is 2. The van der Waals surface area contributed by atoms with Gasteiger partial charge in [0.25, 0.3) is 5.91 Å². The molecule has 0 atom stereocenters. The van der Waals surface area contributed by atoms with Crippen LogP contribution in [0.5, 0.6) is 0 Å². The average Bonchev–Trinajstić information content (AvgIpc) is 3.00. The van der Waals surface area contributed by atoms with Crippen LogP contribution >= 0.6 is 0 Å². The summed E-state index contributed by atoms with van der Waals surface area (Å²) in [5.41, 5.74) is 1.95. The van der Waals surface area contributed by atoms with E-state index in [1.807, 2.05) is 44.2 Å². The third-order valence-electron chi connectivity index (χ3n) is 3.93. The highest BCUT2D eigenvalue weighted by Crippen LogP contribution is 2.22. The Balaban J connectivity index is 1.99. The number of aromatic nitrogens is 1. The van der Waals surface area contributed by atoms with Gasteiger partial charge < -0.3 is 4.90 Å². The highest BCUT2D eigenvalue weighted by molar-refractivity contribution is 5.99. The number of benzene rings is 1. The molecule has 0 bridgehead atoms. The topological polar surface area (TPSA) is 54.7 Å². The number of carbonyl (C=O) groups is 2. The molecule has 0 spiro atoms. The third-order valence-corrected chi connectivity index (χ3v) is 3.93. The second-order valence-corrected chi connectivity index (χ2v) is 6.16. The predicted molar refractivity (Wildman–Crippen MR) is 92.9 cm³/mol. The van der Waals surface area contributed by atoms with Crippen molar-refractivity contribution in [3.05, 3.63) is 59.7 Å². The zero-order valence-corrected chi connectivity index (χ0v) is 14.0. The van der Waals surface area contributed by atoms with Crippen LogP contribution in [0.1, 0.15) is 37.0 Å². The van der Waals surface area contributed by atoms with Crippen LogP contribution in [0.2, 0.25) is 0 Å². The Hall–Kier alpha value is -2.69. The van der Waals surface area contributed by atoms with E-state index in [0.717, 1.165) is 12.1 Å². The molecule has 1 saturated heterocycles. The fourth-order valence-corrected chi connectivity index (χ4v) is 2.84. The van der Waals surface area contributed by atoms with E-state index in [9.17, 15) is 9.59 Å². The van der Waals surface area contributed by atoms with E-state index < -0.39 is 0 Å². The van der Waals surface area contributed by atoms with Crippen LogP contribution in [0.3, 0.4) is 0 Å². The summed E-state index contributed by atoms with van der Waals surface area (Å²) in [6.45, 7) is 4.66. The van der Waals surface area contributed by atoms with Gasteiger partial charge >= 0.3 is 0 Å². The number of pyridine rings is 1. The van der Waals surface area contributed by atoms with Crippen LogP contribution in [0.15, 0.2) is 53.7 Å². The van der Waals surface area contributed by atoms with Crippen molar-refractivity contribution in [1.82, 2.24) is 4.57 Å². The summed E-state index contributed by atoms with van der Waals surface area (Å²) in [5, 5.41) is 0. The first-order valence-corrected chi connectivity index (χ1v) is 8.23. The Labute approximate surface area is 141 Å². The van der Waals surface area contributed by atoms with Crippen molar-refractivity contribution in [1.29, 1.82) is 0 Å². The molecule has 5 nitrogen and oxygen atoms in total. The third kappa shape index (κ3) is 3.30. The molecule has 1 aromatic carbocycles. The van der Waals surface area contributed by atoms with Gasteiger partial charge in [0.05, 0.1) is 0 Å². The molecule has 3 rings (SSSR count). The molecule has 2 aromatic rings. The minimum atomic E-state index is -0.150. The average molecular weight is 323 g/mol. The van der Waals surface area contributed by atoms with Gasteiger partial charge in [0.1, 0.15) is 5.49 Å². The summed E-state index contributed by atoms with van der Waals surface area (Å²) >= 11 is 0. The van der Waals surface area contributed by atoms with E-state index in [-0.39, 0.29) is 17.9 Å². The van der Waals surface area contributed by atoms with Crippen molar-refractivity contribution < 1.29 is 9.59 Å². The number of nitrogens with zero attached hydrogens (tertiary/aromatic N) is 3. The molecule has 1 aliphatic heterocycles. The van der Waals surface area contributed by atoms with E-state index in [2.05, 4.69) is 4.99 Å². The monoisotopic (exact) mass is 323 g/mol. The number of anilines is 1. The van der Waals surface area contributed by atoms with Crippen LogP contribution < -0.4 is 10.4 Å². The van der Waals surface area contributed by atoms with E-state index in [1.165, 1.54) is 0 Å². The fraction of sp³-hybridized carbons (Fsp3) is 0.316. The van der Waals surface area contributed by atoms with E-state index in [1.54, 1.807) is 27.8 Å². The number of hydrogen-bond acceptors (Lipinski definition) is 3. The summed E-state index contributed by atoms with van der Waals surface area (Å²) in [4.78, 5) is 31.1. The zero-order valence-electron chi connectivity index (χ0n) is 14.0. The van der Waals surface area contributed by atoms with Crippen molar-refractivity contribution in [2.24, 2.45) is 4.99 Å². The molecule has 1 aliphatic rings. The Bertz CT molecular complexity index is 836. The largest absolute Gasteiger partial charge is 0.312 e. The highest BCUT2D eigenvalue weighted by Gasteiger charge is 2.22. The van der Waals surface area contributed by atoms with Crippen LogP contribution in [0.4, 0.5) is 5.69 Å². The molecule has 24 heavy (non-hydrogen) atoms. The molecule has 2 heterocycles. The van der Waals surface area contributed by atoms with Crippen molar-refractivity contribution in [3.63, 3.8) is 0 Å². The maximum Gasteiger partial charge on any atom is 0.263 e. The number of rotatable bonds is 3. The van der Waals surface area contributed by atoms with Gasteiger partial charge in [0.2, 0.25) is 5.91 Å². The van der Waals surface area contributed by atoms with Gasteiger partial charge in [-0.25, -0.2) is 0 Å². The minimum Gasteiger partial charge on any atom is -0.312 e. The second-order valence-electron chi connectivity index (χ2n) is 6.16. The lowest BCUT2D eigenvalue weighted by atomic mass is 10.1. The van der Waals surface area contributed by atoms with Crippen LogP contribution in [0, 0.1) is 0 Å². The second kappa shape index (κ2) is 6.83. The van der Waals surface area contributed by atoms with Crippen LogP contribution in [-0.4, -0.2) is 29.0 Å². The van der Waals surface area contributed by atoms with Gasteiger partial charge in [-0.2, -0.15) is 0 Å². The van der Waals surface area contributed by atoms with Gasteiger partial charge in [-0.3, -0.25) is 19.1 Å². The normalized spacial score (nSPS) is 15.4. The molecule has 0 unspecified atom stereocenters. The summed E-state index contributed by atoms with van der Waals surface area (Å²) in [7, 11) is 0. The molecule has 0 N–H and O–H groups in total. The first kappa shape index (κ1) is 16.2. The van der Waals surface area contributed by atoms with Crippen LogP contribution in [-0.2, 0) is 4.79 Å². The number of amides is 1. The van der Waals surface area contributed by atoms with Gasteiger partial charge in [-0.15, -0.1) is 0 Å². The fourth-order valence-electron chi connectivity index (χ4n) is 2.84. The van der Waals surface area contributed by atoms with Gasteiger partial charge in [-0.05, 0) is 50.6 Å². The van der Waals surface area contributed by atoms with E-state index in [4.69, 9.17) is 0 Å². The lowest BCUT2D eigenvalue weighted by Gasteiger charge is -2.16. The van der Waals surface area contributed by atoms with Gasteiger partial charge in [0, 0.05) is 36.5 Å².